The highest BCUT2D eigenvalue weighted by Crippen LogP contribution is 2.31. The predicted molar refractivity (Wildman–Crippen MR) is 106 cm³/mol. The summed E-state index contributed by atoms with van der Waals surface area (Å²) in [6.07, 6.45) is 8.58. The molecule has 0 spiro atoms. The van der Waals surface area contributed by atoms with Crippen LogP contribution >= 0.6 is 0 Å². The van der Waals surface area contributed by atoms with Gasteiger partial charge in [0.2, 0.25) is 5.88 Å². The van der Waals surface area contributed by atoms with Crippen LogP contribution in [-0.4, -0.2) is 50.5 Å². The average Bonchev–Trinajstić information content (AvgIpc) is 3.20. The van der Waals surface area contributed by atoms with Gasteiger partial charge in [-0.3, -0.25) is 9.78 Å². The first-order valence-corrected chi connectivity index (χ1v) is 9.55. The van der Waals surface area contributed by atoms with Crippen molar-refractivity contribution in [2.24, 2.45) is 7.05 Å². The average molecular weight is 393 g/mol. The summed E-state index contributed by atoms with van der Waals surface area (Å²) < 4.78 is 13.0. The second-order valence-electron chi connectivity index (χ2n) is 6.99. The fraction of sp³-hybridized carbons (Fsp3) is 0.333. The number of methoxy groups -OCH3 is 1. The molecule has 0 aliphatic carbocycles. The Morgan fingerprint density at radius 3 is 2.79 bits per heavy atom. The molecule has 1 aliphatic rings. The number of aryl methyl sites for hydroxylation is 1. The summed E-state index contributed by atoms with van der Waals surface area (Å²) in [4.78, 5) is 27.8. The van der Waals surface area contributed by atoms with E-state index in [0.717, 1.165) is 18.5 Å². The molecule has 3 aromatic rings. The van der Waals surface area contributed by atoms with Crippen LogP contribution in [0.1, 0.15) is 35.1 Å². The number of benzene rings is 1. The third kappa shape index (κ3) is 4.06. The lowest BCUT2D eigenvalue weighted by Crippen LogP contribution is -2.40. The van der Waals surface area contributed by atoms with E-state index >= 15 is 0 Å². The van der Waals surface area contributed by atoms with E-state index in [2.05, 4.69) is 15.0 Å². The number of nitrogens with zero attached hydrogens (tertiary/aromatic N) is 5. The molecule has 8 heteroatoms. The Bertz CT molecular complexity index is 1000. The van der Waals surface area contributed by atoms with E-state index in [-0.39, 0.29) is 11.8 Å². The number of carbonyl (C=O) groups excluding carboxylic acids is 1. The molecule has 0 N–H and O–H groups in total. The summed E-state index contributed by atoms with van der Waals surface area (Å²) in [7, 11) is 3.42. The number of para-hydroxylation sites is 2. The largest absolute Gasteiger partial charge is 0.493 e. The van der Waals surface area contributed by atoms with Crippen molar-refractivity contribution in [3.8, 4) is 17.4 Å². The second-order valence-corrected chi connectivity index (χ2v) is 6.99. The number of hydrogen-bond acceptors (Lipinski definition) is 6. The fourth-order valence-electron chi connectivity index (χ4n) is 3.54. The molecule has 0 unspecified atom stereocenters. The molecule has 0 saturated carbocycles. The van der Waals surface area contributed by atoms with Crippen LogP contribution in [0.2, 0.25) is 0 Å². The van der Waals surface area contributed by atoms with Gasteiger partial charge in [0.25, 0.3) is 5.91 Å². The number of aromatic nitrogens is 4. The topological polar surface area (TPSA) is 82.4 Å². The quantitative estimate of drug-likeness (QED) is 0.663. The Morgan fingerprint density at radius 1 is 1.21 bits per heavy atom. The first-order chi connectivity index (χ1) is 14.2. The lowest BCUT2D eigenvalue weighted by Gasteiger charge is -2.32. The van der Waals surface area contributed by atoms with Crippen LogP contribution in [0.5, 0.6) is 17.4 Å². The van der Waals surface area contributed by atoms with Crippen LogP contribution in [0.3, 0.4) is 0 Å². The highest BCUT2D eigenvalue weighted by molar-refractivity contribution is 5.90. The predicted octanol–water partition coefficient (Wildman–Crippen LogP) is 3.03. The van der Waals surface area contributed by atoms with Gasteiger partial charge in [-0.25, -0.2) is 9.97 Å². The molecule has 1 amide bonds. The molecule has 0 radical (unpaired) electrons. The van der Waals surface area contributed by atoms with Gasteiger partial charge in [-0.2, -0.15) is 0 Å². The van der Waals surface area contributed by atoms with Gasteiger partial charge in [-0.15, -0.1) is 0 Å². The van der Waals surface area contributed by atoms with Crippen molar-refractivity contribution < 1.29 is 14.3 Å². The highest BCUT2D eigenvalue weighted by atomic mass is 16.5. The maximum absolute atomic E-state index is 12.8. The van der Waals surface area contributed by atoms with E-state index in [1.807, 2.05) is 36.2 Å². The molecular formula is C21H23N5O3. The highest BCUT2D eigenvalue weighted by Gasteiger charge is 2.28. The molecule has 1 atom stereocenters. The number of piperidine rings is 1. The van der Waals surface area contributed by atoms with Crippen LogP contribution in [0, 0.1) is 0 Å². The minimum absolute atomic E-state index is 0.0587. The number of rotatable bonds is 5. The number of hydrogen-bond donors (Lipinski definition) is 0. The van der Waals surface area contributed by atoms with Gasteiger partial charge in [0.05, 0.1) is 19.0 Å². The van der Waals surface area contributed by atoms with E-state index < -0.39 is 0 Å². The molecule has 0 bridgehead atoms. The summed E-state index contributed by atoms with van der Waals surface area (Å²) in [6.45, 7) is 1.30. The van der Waals surface area contributed by atoms with Crippen molar-refractivity contribution >= 4 is 5.91 Å². The van der Waals surface area contributed by atoms with Gasteiger partial charge < -0.3 is 18.9 Å². The number of likely N-dealkylation sites (tertiary alicyclic amines) is 1. The van der Waals surface area contributed by atoms with E-state index in [0.29, 0.717) is 36.3 Å². The number of carbonyl (C=O) groups is 1. The molecule has 1 aliphatic heterocycles. The summed E-state index contributed by atoms with van der Waals surface area (Å²) in [5, 5.41) is 0. The van der Waals surface area contributed by atoms with E-state index in [9.17, 15) is 4.79 Å². The molecular weight excluding hydrogens is 370 g/mol. The molecule has 1 fully saturated rings. The van der Waals surface area contributed by atoms with Gasteiger partial charge in [-0.05, 0) is 25.0 Å². The molecule has 29 heavy (non-hydrogen) atoms. The van der Waals surface area contributed by atoms with Gasteiger partial charge in [0, 0.05) is 44.6 Å². The Kier molecular flexibility index (Phi) is 5.41. The minimum Gasteiger partial charge on any atom is -0.493 e. The lowest BCUT2D eigenvalue weighted by molar-refractivity contribution is 0.0689. The summed E-state index contributed by atoms with van der Waals surface area (Å²) in [6, 6.07) is 7.40. The van der Waals surface area contributed by atoms with Gasteiger partial charge in [0.15, 0.2) is 17.3 Å². The van der Waals surface area contributed by atoms with Crippen molar-refractivity contribution in [3.05, 3.63) is 60.6 Å². The van der Waals surface area contributed by atoms with Crippen molar-refractivity contribution in [2.45, 2.75) is 18.8 Å². The second kappa shape index (κ2) is 8.30. The third-order valence-electron chi connectivity index (χ3n) is 5.05. The maximum Gasteiger partial charge on any atom is 0.289 e. The first kappa shape index (κ1) is 18.9. The number of imidazole rings is 1. The SMILES string of the molecule is COc1ccccc1Oc1cncc([C@H]2CCCN(C(=O)c3nccn3C)C2)n1. The zero-order chi connectivity index (χ0) is 20.2. The van der Waals surface area contributed by atoms with Crippen LogP contribution in [0.25, 0.3) is 0 Å². The Hall–Kier alpha value is -3.42. The molecule has 150 valence electrons. The number of amides is 1. The zero-order valence-electron chi connectivity index (χ0n) is 16.5. The summed E-state index contributed by atoms with van der Waals surface area (Å²) in [5.74, 6) is 2.10. The van der Waals surface area contributed by atoms with Gasteiger partial charge in [0.1, 0.15) is 0 Å². The lowest BCUT2D eigenvalue weighted by atomic mass is 9.95. The fourth-order valence-corrected chi connectivity index (χ4v) is 3.54. The van der Waals surface area contributed by atoms with Gasteiger partial charge >= 0.3 is 0 Å². The van der Waals surface area contributed by atoms with Crippen molar-refractivity contribution in [3.63, 3.8) is 0 Å². The van der Waals surface area contributed by atoms with Crippen molar-refractivity contribution in [1.29, 1.82) is 0 Å². The third-order valence-corrected chi connectivity index (χ3v) is 5.05. The van der Waals surface area contributed by atoms with E-state index in [4.69, 9.17) is 9.47 Å². The van der Waals surface area contributed by atoms with Crippen LogP contribution < -0.4 is 9.47 Å². The van der Waals surface area contributed by atoms with Crippen LogP contribution in [0.4, 0.5) is 0 Å². The normalized spacial score (nSPS) is 16.5. The first-order valence-electron chi connectivity index (χ1n) is 9.55. The Balaban J connectivity index is 1.50. The molecule has 3 heterocycles. The molecule has 2 aromatic heterocycles. The monoisotopic (exact) mass is 393 g/mol. The molecule has 4 rings (SSSR count). The van der Waals surface area contributed by atoms with Gasteiger partial charge in [-0.1, -0.05) is 12.1 Å². The molecule has 1 aromatic carbocycles. The summed E-state index contributed by atoms with van der Waals surface area (Å²) in [5.41, 5.74) is 0.815. The standard InChI is InChI=1S/C21H23N5O3/c1-25-11-9-23-20(25)21(27)26-10-5-6-15(14-26)16-12-22-13-19(24-16)29-18-8-4-3-7-17(18)28-2/h3-4,7-9,11-13,15H,5-6,10,14H2,1-2H3/t15-/m0/s1. The smallest absolute Gasteiger partial charge is 0.289 e. The number of ether oxygens (including phenoxy) is 2. The van der Waals surface area contributed by atoms with E-state index in [1.54, 1.807) is 36.5 Å². The van der Waals surface area contributed by atoms with Crippen molar-refractivity contribution in [2.75, 3.05) is 20.2 Å². The van der Waals surface area contributed by atoms with Crippen LogP contribution in [0.15, 0.2) is 49.1 Å². The summed E-state index contributed by atoms with van der Waals surface area (Å²) >= 11 is 0. The molecule has 1 saturated heterocycles. The van der Waals surface area contributed by atoms with Crippen LogP contribution in [-0.2, 0) is 7.05 Å². The minimum atomic E-state index is -0.0587. The zero-order valence-corrected chi connectivity index (χ0v) is 16.5. The molecule has 8 nitrogen and oxygen atoms in total. The Morgan fingerprint density at radius 2 is 2.03 bits per heavy atom. The maximum atomic E-state index is 12.8. The van der Waals surface area contributed by atoms with Crippen molar-refractivity contribution in [1.82, 2.24) is 24.4 Å². The van der Waals surface area contributed by atoms with E-state index in [1.165, 1.54) is 0 Å². The Labute approximate surface area is 169 Å².